The van der Waals surface area contributed by atoms with Crippen LogP contribution in [0.2, 0.25) is 0 Å². The predicted octanol–water partition coefficient (Wildman–Crippen LogP) is 2.83. The molecule has 1 atom stereocenters. The monoisotopic (exact) mass is 262 g/mol. The van der Waals surface area contributed by atoms with Gasteiger partial charge in [0.1, 0.15) is 0 Å². The van der Waals surface area contributed by atoms with E-state index in [-0.39, 0.29) is 6.04 Å². The quantitative estimate of drug-likeness (QED) is 0.668. The van der Waals surface area contributed by atoms with E-state index in [4.69, 9.17) is 12.2 Å². The average Bonchev–Trinajstić information content (AvgIpc) is 2.66. The SMILES string of the molecule is C#CCSCCn1ccc2c1CC(C)(C)CC2N. The van der Waals surface area contributed by atoms with Crippen LogP contribution >= 0.6 is 11.8 Å². The zero-order valence-electron chi connectivity index (χ0n) is 11.3. The van der Waals surface area contributed by atoms with Crippen molar-refractivity contribution in [1.82, 2.24) is 4.57 Å². The van der Waals surface area contributed by atoms with E-state index in [0.717, 1.165) is 30.9 Å². The molecule has 0 amide bonds. The molecule has 0 fully saturated rings. The zero-order valence-corrected chi connectivity index (χ0v) is 12.1. The summed E-state index contributed by atoms with van der Waals surface area (Å²) in [6.07, 6.45) is 9.65. The minimum absolute atomic E-state index is 0.198. The predicted molar refractivity (Wildman–Crippen MR) is 79.6 cm³/mol. The number of rotatable bonds is 4. The Morgan fingerprint density at radius 3 is 3.11 bits per heavy atom. The Bertz CT molecular complexity index is 454. The van der Waals surface area contributed by atoms with Crippen LogP contribution in [-0.4, -0.2) is 16.1 Å². The van der Waals surface area contributed by atoms with E-state index in [1.54, 1.807) is 0 Å². The highest BCUT2D eigenvalue weighted by Gasteiger charge is 2.32. The fraction of sp³-hybridized carbons (Fsp3) is 0.600. The first-order chi connectivity index (χ1) is 8.53. The van der Waals surface area contributed by atoms with E-state index in [1.165, 1.54) is 11.3 Å². The second kappa shape index (κ2) is 5.42. The number of nitrogens with zero attached hydrogens (tertiary/aromatic N) is 1. The van der Waals surface area contributed by atoms with E-state index in [0.29, 0.717) is 5.41 Å². The van der Waals surface area contributed by atoms with Crippen LogP contribution in [0.3, 0.4) is 0 Å². The van der Waals surface area contributed by atoms with Gasteiger partial charge in [0.2, 0.25) is 0 Å². The van der Waals surface area contributed by atoms with Crippen molar-refractivity contribution >= 4 is 11.8 Å². The van der Waals surface area contributed by atoms with Crippen molar-refractivity contribution in [2.24, 2.45) is 11.1 Å². The van der Waals surface area contributed by atoms with Crippen molar-refractivity contribution in [2.75, 3.05) is 11.5 Å². The van der Waals surface area contributed by atoms with Gasteiger partial charge in [0, 0.05) is 30.2 Å². The maximum atomic E-state index is 6.27. The second-order valence-electron chi connectivity index (χ2n) is 5.82. The topological polar surface area (TPSA) is 30.9 Å². The maximum absolute atomic E-state index is 6.27. The van der Waals surface area contributed by atoms with Crippen molar-refractivity contribution in [3.8, 4) is 12.3 Å². The van der Waals surface area contributed by atoms with E-state index >= 15 is 0 Å². The standard InChI is InChI=1S/C15H22N2S/c1-4-8-18-9-7-17-6-5-12-13(16)10-15(2,3)11-14(12)17/h1,5-6,13H,7-11,16H2,2-3H3. The average molecular weight is 262 g/mol. The molecule has 98 valence electrons. The van der Waals surface area contributed by atoms with Gasteiger partial charge in [-0.3, -0.25) is 0 Å². The molecule has 0 aliphatic heterocycles. The minimum Gasteiger partial charge on any atom is -0.350 e. The molecule has 1 aliphatic carbocycles. The summed E-state index contributed by atoms with van der Waals surface area (Å²) in [5, 5.41) is 0. The van der Waals surface area contributed by atoms with Crippen LogP contribution in [0.1, 0.15) is 37.6 Å². The second-order valence-corrected chi connectivity index (χ2v) is 6.92. The Morgan fingerprint density at radius 2 is 2.39 bits per heavy atom. The zero-order chi connectivity index (χ0) is 13.2. The number of terminal acetylenes is 1. The fourth-order valence-corrected chi connectivity index (χ4v) is 3.39. The Labute approximate surface area is 114 Å². The number of fused-ring (bicyclic) bond motifs is 1. The van der Waals surface area contributed by atoms with Gasteiger partial charge in [-0.1, -0.05) is 19.8 Å². The van der Waals surface area contributed by atoms with Gasteiger partial charge in [0.05, 0.1) is 5.75 Å². The van der Waals surface area contributed by atoms with Crippen LogP contribution in [0.25, 0.3) is 0 Å². The fourth-order valence-electron chi connectivity index (χ4n) is 2.80. The molecule has 2 nitrogen and oxygen atoms in total. The minimum atomic E-state index is 0.198. The van der Waals surface area contributed by atoms with Crippen LogP contribution in [0.4, 0.5) is 0 Å². The summed E-state index contributed by atoms with van der Waals surface area (Å²) >= 11 is 1.81. The molecule has 0 aromatic carbocycles. The lowest BCUT2D eigenvalue weighted by atomic mass is 9.74. The first kappa shape index (κ1) is 13.6. The molecule has 0 saturated heterocycles. The van der Waals surface area contributed by atoms with Crippen LogP contribution in [-0.2, 0) is 13.0 Å². The normalized spacial score (nSPS) is 21.3. The summed E-state index contributed by atoms with van der Waals surface area (Å²) < 4.78 is 2.36. The largest absolute Gasteiger partial charge is 0.350 e. The van der Waals surface area contributed by atoms with Crippen LogP contribution in [0, 0.1) is 17.8 Å². The van der Waals surface area contributed by atoms with Crippen molar-refractivity contribution in [3.05, 3.63) is 23.5 Å². The molecule has 3 heteroatoms. The van der Waals surface area contributed by atoms with Crippen LogP contribution in [0.5, 0.6) is 0 Å². The van der Waals surface area contributed by atoms with Crippen LogP contribution in [0.15, 0.2) is 12.3 Å². The van der Waals surface area contributed by atoms with E-state index in [1.807, 2.05) is 11.8 Å². The molecule has 0 bridgehead atoms. The highest BCUT2D eigenvalue weighted by Crippen LogP contribution is 2.39. The van der Waals surface area contributed by atoms with E-state index in [9.17, 15) is 0 Å². The summed E-state index contributed by atoms with van der Waals surface area (Å²) in [5.74, 6) is 4.53. The first-order valence-electron chi connectivity index (χ1n) is 6.48. The van der Waals surface area contributed by atoms with E-state index in [2.05, 4.69) is 36.6 Å². The highest BCUT2D eigenvalue weighted by atomic mass is 32.2. The van der Waals surface area contributed by atoms with Gasteiger partial charge in [-0.05, 0) is 29.9 Å². The smallest absolute Gasteiger partial charge is 0.0545 e. The lowest BCUT2D eigenvalue weighted by Crippen LogP contribution is -2.30. The Balaban J connectivity index is 2.08. The summed E-state index contributed by atoms with van der Waals surface area (Å²) in [6, 6.07) is 2.39. The Hall–Kier alpha value is -0.850. The third-order valence-electron chi connectivity index (χ3n) is 3.59. The van der Waals surface area contributed by atoms with Crippen molar-refractivity contribution in [2.45, 2.75) is 39.3 Å². The molecule has 0 spiro atoms. The summed E-state index contributed by atoms with van der Waals surface area (Å²) in [5.41, 5.74) is 9.35. The van der Waals surface area contributed by atoms with E-state index < -0.39 is 0 Å². The molecule has 1 heterocycles. The molecule has 1 aliphatic rings. The maximum Gasteiger partial charge on any atom is 0.0545 e. The lowest BCUT2D eigenvalue weighted by Gasteiger charge is -2.34. The number of nitrogens with two attached hydrogens (primary N) is 1. The Morgan fingerprint density at radius 1 is 1.61 bits per heavy atom. The molecular formula is C15H22N2S. The number of hydrogen-bond donors (Lipinski definition) is 1. The molecule has 1 unspecified atom stereocenters. The summed E-state index contributed by atoms with van der Waals surface area (Å²) in [6.45, 7) is 5.64. The van der Waals surface area contributed by atoms with Gasteiger partial charge < -0.3 is 10.3 Å². The number of aryl methyl sites for hydroxylation is 1. The van der Waals surface area contributed by atoms with Gasteiger partial charge in [-0.2, -0.15) is 0 Å². The number of aromatic nitrogens is 1. The molecule has 0 saturated carbocycles. The molecule has 18 heavy (non-hydrogen) atoms. The summed E-state index contributed by atoms with van der Waals surface area (Å²) in [7, 11) is 0. The number of thioether (sulfide) groups is 1. The third kappa shape index (κ3) is 2.93. The van der Waals surface area contributed by atoms with Crippen LogP contribution < -0.4 is 5.73 Å². The molecule has 0 radical (unpaired) electrons. The van der Waals surface area contributed by atoms with Crippen molar-refractivity contribution < 1.29 is 0 Å². The van der Waals surface area contributed by atoms with Crippen molar-refractivity contribution in [1.29, 1.82) is 0 Å². The molecule has 1 aromatic rings. The Kier molecular flexibility index (Phi) is 4.09. The number of hydrogen-bond acceptors (Lipinski definition) is 2. The van der Waals surface area contributed by atoms with Gasteiger partial charge in [-0.15, -0.1) is 18.2 Å². The van der Waals surface area contributed by atoms with Gasteiger partial charge >= 0.3 is 0 Å². The molecular weight excluding hydrogens is 240 g/mol. The lowest BCUT2D eigenvalue weighted by molar-refractivity contribution is 0.275. The van der Waals surface area contributed by atoms with Gasteiger partial charge in [-0.25, -0.2) is 0 Å². The van der Waals surface area contributed by atoms with Gasteiger partial charge in [0.15, 0.2) is 0 Å². The molecule has 2 N–H and O–H groups in total. The van der Waals surface area contributed by atoms with Crippen molar-refractivity contribution in [3.63, 3.8) is 0 Å². The summed E-state index contributed by atoms with van der Waals surface area (Å²) in [4.78, 5) is 0. The highest BCUT2D eigenvalue weighted by molar-refractivity contribution is 7.99. The first-order valence-corrected chi connectivity index (χ1v) is 7.64. The molecule has 1 aromatic heterocycles. The molecule has 2 rings (SSSR count). The van der Waals surface area contributed by atoms with Gasteiger partial charge in [0.25, 0.3) is 0 Å². The third-order valence-corrected chi connectivity index (χ3v) is 4.44.